The fraction of sp³-hybridized carbons (Fsp3) is 0.538. The van der Waals surface area contributed by atoms with Gasteiger partial charge < -0.3 is 5.32 Å². The van der Waals surface area contributed by atoms with Gasteiger partial charge in [0.15, 0.2) is 0 Å². The van der Waals surface area contributed by atoms with Gasteiger partial charge in [-0.25, -0.2) is 13.8 Å². The van der Waals surface area contributed by atoms with Crippen LogP contribution < -0.4 is 5.32 Å². The number of fused-ring (bicyclic) bond motifs is 1. The van der Waals surface area contributed by atoms with Crippen LogP contribution in [0.1, 0.15) is 29.7 Å². The van der Waals surface area contributed by atoms with Gasteiger partial charge in [0, 0.05) is 5.69 Å². The first-order valence-corrected chi connectivity index (χ1v) is 6.27. The van der Waals surface area contributed by atoms with Gasteiger partial charge in [-0.05, 0) is 37.3 Å². The Bertz CT molecular complexity index is 537. The molecule has 2 rings (SSSR count). The smallest absolute Gasteiger partial charge is 0.324 e. The molecular weight excluding hydrogens is 274 g/mol. The number of rotatable bonds is 4. The molecule has 0 radical (unpaired) electrons. The van der Waals surface area contributed by atoms with Gasteiger partial charge in [0.25, 0.3) is 0 Å². The van der Waals surface area contributed by atoms with E-state index < -0.39 is 18.9 Å². The van der Waals surface area contributed by atoms with E-state index in [4.69, 9.17) is 5.26 Å². The van der Waals surface area contributed by atoms with E-state index in [2.05, 4.69) is 10.3 Å². The van der Waals surface area contributed by atoms with E-state index in [1.807, 2.05) is 6.07 Å². The number of anilines is 1. The summed E-state index contributed by atoms with van der Waals surface area (Å²) in [6, 6.07) is 3.46. The Hall–Kier alpha value is -1.84. The van der Waals surface area contributed by atoms with Crippen molar-refractivity contribution in [1.29, 1.82) is 5.26 Å². The Morgan fingerprint density at radius 3 is 2.70 bits per heavy atom. The second-order valence-electron chi connectivity index (χ2n) is 4.72. The lowest BCUT2D eigenvalue weighted by molar-refractivity contribution is -0.117. The number of hydrogen-bond donors (Lipinski definition) is 1. The average Bonchev–Trinajstić information content (AvgIpc) is 2.43. The van der Waals surface area contributed by atoms with Crippen molar-refractivity contribution in [2.24, 2.45) is 0 Å². The number of nitrogens with one attached hydrogen (secondary N) is 1. The lowest BCUT2D eigenvalue weighted by Crippen LogP contribution is -2.35. The maximum Gasteiger partial charge on any atom is 0.324 e. The van der Waals surface area contributed by atoms with Gasteiger partial charge in [-0.2, -0.15) is 14.0 Å². The third kappa shape index (κ3) is 3.00. The minimum atomic E-state index is -4.15. The number of halogens is 4. The summed E-state index contributed by atoms with van der Waals surface area (Å²) in [5, 5.41) is 11.2. The number of alkyl halides is 4. The number of hydrogen-bond acceptors (Lipinski definition) is 3. The van der Waals surface area contributed by atoms with Crippen LogP contribution in [0.25, 0.3) is 0 Å². The molecule has 1 heterocycles. The standard InChI is InChI=1S/C13H13F4N3/c14-12(15)13(16,17)7-19-11-9(6-18)5-8-3-1-2-4-10(8)20-11/h5,12H,1-4,7H2,(H,19,20). The van der Waals surface area contributed by atoms with Gasteiger partial charge in [0.05, 0.1) is 12.1 Å². The van der Waals surface area contributed by atoms with Crippen LogP contribution in [-0.2, 0) is 12.8 Å². The van der Waals surface area contributed by atoms with Crippen molar-refractivity contribution in [2.75, 3.05) is 11.9 Å². The monoisotopic (exact) mass is 287 g/mol. The molecule has 20 heavy (non-hydrogen) atoms. The van der Waals surface area contributed by atoms with E-state index in [-0.39, 0.29) is 11.4 Å². The van der Waals surface area contributed by atoms with Crippen LogP contribution in [-0.4, -0.2) is 23.9 Å². The van der Waals surface area contributed by atoms with Crippen molar-refractivity contribution in [3.8, 4) is 6.07 Å². The lowest BCUT2D eigenvalue weighted by Gasteiger charge is -2.19. The van der Waals surface area contributed by atoms with Gasteiger partial charge >= 0.3 is 12.3 Å². The van der Waals surface area contributed by atoms with Crippen LogP contribution in [0.5, 0.6) is 0 Å². The first kappa shape index (κ1) is 14.6. The molecule has 7 heteroatoms. The minimum absolute atomic E-state index is 0.0477. The van der Waals surface area contributed by atoms with Gasteiger partial charge in [0.2, 0.25) is 0 Å². The number of nitrogens with zero attached hydrogens (tertiary/aromatic N) is 2. The number of aromatic nitrogens is 1. The SMILES string of the molecule is N#Cc1cc2c(nc1NCC(F)(F)C(F)F)CCCC2. The van der Waals surface area contributed by atoms with Crippen molar-refractivity contribution in [3.63, 3.8) is 0 Å². The largest absolute Gasteiger partial charge is 0.363 e. The lowest BCUT2D eigenvalue weighted by atomic mass is 9.95. The zero-order valence-corrected chi connectivity index (χ0v) is 10.6. The molecule has 0 aliphatic heterocycles. The second kappa shape index (κ2) is 5.65. The summed E-state index contributed by atoms with van der Waals surface area (Å²) < 4.78 is 50.0. The predicted molar refractivity (Wildman–Crippen MR) is 65.0 cm³/mol. The van der Waals surface area contributed by atoms with Crippen LogP contribution in [0.3, 0.4) is 0 Å². The Labute approximate surface area is 113 Å². The summed E-state index contributed by atoms with van der Waals surface area (Å²) in [6.45, 7) is -1.24. The first-order valence-electron chi connectivity index (χ1n) is 6.27. The first-order chi connectivity index (χ1) is 9.44. The predicted octanol–water partition coefficient (Wildman–Crippen LogP) is 3.14. The molecule has 0 amide bonds. The normalized spacial score (nSPS) is 14.8. The number of pyridine rings is 1. The topological polar surface area (TPSA) is 48.7 Å². The van der Waals surface area contributed by atoms with E-state index in [9.17, 15) is 17.6 Å². The Morgan fingerprint density at radius 2 is 2.05 bits per heavy atom. The summed E-state index contributed by atoms with van der Waals surface area (Å²) in [7, 11) is 0. The molecule has 0 bridgehead atoms. The Kier molecular flexibility index (Phi) is 4.12. The third-order valence-electron chi connectivity index (χ3n) is 3.23. The van der Waals surface area contributed by atoms with E-state index in [0.29, 0.717) is 6.42 Å². The van der Waals surface area contributed by atoms with E-state index in [0.717, 1.165) is 30.5 Å². The molecule has 1 aromatic rings. The van der Waals surface area contributed by atoms with Crippen LogP contribution >= 0.6 is 0 Å². The van der Waals surface area contributed by atoms with Gasteiger partial charge in [-0.3, -0.25) is 0 Å². The highest BCUT2D eigenvalue weighted by molar-refractivity contribution is 5.54. The molecule has 1 N–H and O–H groups in total. The summed E-state index contributed by atoms with van der Waals surface area (Å²) >= 11 is 0. The molecule has 0 spiro atoms. The zero-order chi connectivity index (χ0) is 14.8. The second-order valence-corrected chi connectivity index (χ2v) is 4.72. The quantitative estimate of drug-likeness (QED) is 0.865. The fourth-order valence-corrected chi connectivity index (χ4v) is 2.13. The highest BCUT2D eigenvalue weighted by Crippen LogP contribution is 2.27. The van der Waals surface area contributed by atoms with Crippen molar-refractivity contribution in [2.45, 2.75) is 38.0 Å². The number of aryl methyl sites for hydroxylation is 2. The maximum absolute atomic E-state index is 12.9. The fourth-order valence-electron chi connectivity index (χ4n) is 2.13. The molecule has 3 nitrogen and oxygen atoms in total. The van der Waals surface area contributed by atoms with E-state index in [1.165, 1.54) is 0 Å². The molecule has 0 saturated heterocycles. The molecule has 1 aromatic heterocycles. The molecule has 108 valence electrons. The van der Waals surface area contributed by atoms with E-state index in [1.54, 1.807) is 6.07 Å². The molecule has 0 unspecified atom stereocenters. The van der Waals surface area contributed by atoms with Crippen LogP contribution in [0.2, 0.25) is 0 Å². The van der Waals surface area contributed by atoms with E-state index >= 15 is 0 Å². The highest BCUT2D eigenvalue weighted by atomic mass is 19.3. The van der Waals surface area contributed by atoms with Crippen molar-refractivity contribution in [1.82, 2.24) is 4.98 Å². The molecule has 0 atom stereocenters. The average molecular weight is 287 g/mol. The molecular formula is C13H13F4N3. The maximum atomic E-state index is 12.9. The van der Waals surface area contributed by atoms with Crippen LogP contribution in [0, 0.1) is 11.3 Å². The molecule has 0 saturated carbocycles. The summed E-state index contributed by atoms with van der Waals surface area (Å²) in [5.41, 5.74) is 1.78. The van der Waals surface area contributed by atoms with Gasteiger partial charge in [-0.1, -0.05) is 0 Å². The minimum Gasteiger partial charge on any atom is -0.363 e. The third-order valence-corrected chi connectivity index (χ3v) is 3.23. The van der Waals surface area contributed by atoms with Crippen molar-refractivity contribution >= 4 is 5.82 Å². The summed E-state index contributed by atoms with van der Waals surface area (Å²) in [6.07, 6.45) is -0.307. The van der Waals surface area contributed by atoms with Crippen molar-refractivity contribution in [3.05, 3.63) is 22.9 Å². The van der Waals surface area contributed by atoms with Gasteiger partial charge in [0.1, 0.15) is 11.9 Å². The Morgan fingerprint density at radius 1 is 1.35 bits per heavy atom. The molecule has 0 fully saturated rings. The van der Waals surface area contributed by atoms with Crippen molar-refractivity contribution < 1.29 is 17.6 Å². The molecule has 1 aliphatic carbocycles. The molecule has 1 aliphatic rings. The summed E-state index contributed by atoms with van der Waals surface area (Å²) in [4.78, 5) is 4.13. The van der Waals surface area contributed by atoms with Crippen LogP contribution in [0.4, 0.5) is 23.4 Å². The van der Waals surface area contributed by atoms with Gasteiger partial charge in [-0.15, -0.1) is 0 Å². The number of nitriles is 1. The highest BCUT2D eigenvalue weighted by Gasteiger charge is 2.40. The zero-order valence-electron chi connectivity index (χ0n) is 10.6. The summed E-state index contributed by atoms with van der Waals surface area (Å²) in [5.74, 6) is -4.20. The Balaban J connectivity index is 2.21. The van der Waals surface area contributed by atoms with Crippen LogP contribution in [0.15, 0.2) is 6.07 Å². The molecule has 0 aromatic carbocycles.